The van der Waals surface area contributed by atoms with Gasteiger partial charge in [0.2, 0.25) is 0 Å². The van der Waals surface area contributed by atoms with Crippen LogP contribution in [0.2, 0.25) is 0 Å². The standard InChI is InChI=1S/C12H15NO3/c14-12(15)11(10-7-4-8-16-10)13-9-5-2-1-3-6-9/h1-3,5-6,10-11,13H,4,7-8H2,(H,14,15). The summed E-state index contributed by atoms with van der Waals surface area (Å²) < 4.78 is 5.41. The highest BCUT2D eigenvalue weighted by molar-refractivity contribution is 5.78. The molecule has 1 heterocycles. The molecule has 86 valence electrons. The number of nitrogens with one attached hydrogen (secondary N) is 1. The van der Waals surface area contributed by atoms with Crippen molar-refractivity contribution < 1.29 is 14.6 Å². The van der Waals surface area contributed by atoms with Crippen LogP contribution in [0.5, 0.6) is 0 Å². The van der Waals surface area contributed by atoms with Gasteiger partial charge in [-0.05, 0) is 25.0 Å². The minimum absolute atomic E-state index is 0.224. The summed E-state index contributed by atoms with van der Waals surface area (Å²) in [5, 5.41) is 12.1. The van der Waals surface area contributed by atoms with Crippen molar-refractivity contribution >= 4 is 11.7 Å². The molecule has 1 aromatic rings. The van der Waals surface area contributed by atoms with Crippen LogP contribution in [0.25, 0.3) is 0 Å². The molecular formula is C12H15NO3. The zero-order valence-corrected chi connectivity index (χ0v) is 8.93. The van der Waals surface area contributed by atoms with Crippen LogP contribution < -0.4 is 5.32 Å². The van der Waals surface area contributed by atoms with E-state index in [4.69, 9.17) is 9.84 Å². The number of carbonyl (C=O) groups is 1. The van der Waals surface area contributed by atoms with Crippen molar-refractivity contribution in [1.29, 1.82) is 0 Å². The molecule has 0 spiro atoms. The van der Waals surface area contributed by atoms with Crippen LogP contribution in [0.15, 0.2) is 30.3 Å². The van der Waals surface area contributed by atoms with Crippen molar-refractivity contribution in [2.45, 2.75) is 25.0 Å². The summed E-state index contributed by atoms with van der Waals surface area (Å²) in [5.41, 5.74) is 0.811. The molecule has 0 aromatic heterocycles. The largest absolute Gasteiger partial charge is 0.480 e. The van der Waals surface area contributed by atoms with Gasteiger partial charge >= 0.3 is 5.97 Å². The minimum atomic E-state index is -0.865. The molecule has 2 unspecified atom stereocenters. The third kappa shape index (κ3) is 2.52. The first-order chi connectivity index (χ1) is 7.77. The molecule has 1 fully saturated rings. The van der Waals surface area contributed by atoms with E-state index in [9.17, 15) is 4.79 Å². The third-order valence-corrected chi connectivity index (χ3v) is 2.70. The Labute approximate surface area is 94.2 Å². The van der Waals surface area contributed by atoms with Crippen LogP contribution in [0.4, 0.5) is 5.69 Å². The molecule has 4 nitrogen and oxygen atoms in total. The first-order valence-electron chi connectivity index (χ1n) is 5.43. The van der Waals surface area contributed by atoms with Crippen molar-refractivity contribution in [3.05, 3.63) is 30.3 Å². The molecule has 2 N–H and O–H groups in total. The molecule has 0 bridgehead atoms. The van der Waals surface area contributed by atoms with Gasteiger partial charge in [-0.2, -0.15) is 0 Å². The molecule has 1 saturated heterocycles. The van der Waals surface area contributed by atoms with Gasteiger partial charge in [-0.25, -0.2) is 4.79 Å². The van der Waals surface area contributed by atoms with Gasteiger partial charge in [-0.1, -0.05) is 18.2 Å². The molecule has 0 radical (unpaired) electrons. The molecule has 2 rings (SSSR count). The van der Waals surface area contributed by atoms with Gasteiger partial charge in [0.1, 0.15) is 0 Å². The quantitative estimate of drug-likeness (QED) is 0.813. The maximum atomic E-state index is 11.1. The summed E-state index contributed by atoms with van der Waals surface area (Å²) in [5.74, 6) is -0.865. The number of hydrogen-bond donors (Lipinski definition) is 2. The fourth-order valence-corrected chi connectivity index (χ4v) is 1.89. The molecule has 0 aliphatic carbocycles. The zero-order chi connectivity index (χ0) is 11.4. The number of ether oxygens (including phenoxy) is 1. The second-order valence-corrected chi connectivity index (χ2v) is 3.88. The molecule has 1 aliphatic heterocycles. The lowest BCUT2D eigenvalue weighted by molar-refractivity contribution is -0.140. The second-order valence-electron chi connectivity index (χ2n) is 3.88. The number of rotatable bonds is 4. The van der Waals surface area contributed by atoms with Crippen molar-refractivity contribution in [1.82, 2.24) is 0 Å². The van der Waals surface area contributed by atoms with E-state index in [0.29, 0.717) is 6.61 Å². The maximum absolute atomic E-state index is 11.1. The monoisotopic (exact) mass is 221 g/mol. The normalized spacial score (nSPS) is 21.6. The molecule has 4 heteroatoms. The summed E-state index contributed by atoms with van der Waals surface area (Å²) >= 11 is 0. The van der Waals surface area contributed by atoms with E-state index < -0.39 is 12.0 Å². The van der Waals surface area contributed by atoms with E-state index in [1.807, 2.05) is 30.3 Å². The van der Waals surface area contributed by atoms with E-state index in [-0.39, 0.29) is 6.10 Å². The van der Waals surface area contributed by atoms with Gasteiger partial charge in [-0.15, -0.1) is 0 Å². The average molecular weight is 221 g/mol. The Morgan fingerprint density at radius 3 is 2.75 bits per heavy atom. The van der Waals surface area contributed by atoms with Crippen molar-refractivity contribution in [3.63, 3.8) is 0 Å². The minimum Gasteiger partial charge on any atom is -0.480 e. The van der Waals surface area contributed by atoms with Crippen LogP contribution in [0, 0.1) is 0 Å². The van der Waals surface area contributed by atoms with Crippen LogP contribution in [0.3, 0.4) is 0 Å². The first-order valence-corrected chi connectivity index (χ1v) is 5.43. The van der Waals surface area contributed by atoms with Gasteiger partial charge in [0.25, 0.3) is 0 Å². The van der Waals surface area contributed by atoms with Gasteiger partial charge in [-0.3, -0.25) is 0 Å². The Bertz CT molecular complexity index is 347. The Morgan fingerprint density at radius 1 is 1.44 bits per heavy atom. The second kappa shape index (κ2) is 4.99. The molecule has 1 aliphatic rings. The van der Waals surface area contributed by atoms with Gasteiger partial charge in [0.15, 0.2) is 6.04 Å². The first kappa shape index (κ1) is 11.0. The van der Waals surface area contributed by atoms with E-state index in [1.165, 1.54) is 0 Å². The Hall–Kier alpha value is -1.55. The number of hydrogen-bond acceptors (Lipinski definition) is 3. The van der Waals surface area contributed by atoms with Crippen molar-refractivity contribution in [3.8, 4) is 0 Å². The number of aliphatic carboxylic acids is 1. The Morgan fingerprint density at radius 2 is 2.19 bits per heavy atom. The summed E-state index contributed by atoms with van der Waals surface area (Å²) in [6.07, 6.45) is 1.51. The van der Waals surface area contributed by atoms with Crippen LogP contribution >= 0.6 is 0 Å². The van der Waals surface area contributed by atoms with Gasteiger partial charge in [0.05, 0.1) is 6.10 Å². The van der Waals surface area contributed by atoms with E-state index in [0.717, 1.165) is 18.5 Å². The zero-order valence-electron chi connectivity index (χ0n) is 8.93. The summed E-state index contributed by atoms with van der Waals surface area (Å²) in [7, 11) is 0. The van der Waals surface area contributed by atoms with E-state index in [1.54, 1.807) is 0 Å². The van der Waals surface area contributed by atoms with Crippen molar-refractivity contribution in [2.24, 2.45) is 0 Å². The molecule has 0 amide bonds. The lowest BCUT2D eigenvalue weighted by atomic mass is 10.1. The van der Waals surface area contributed by atoms with Crippen LogP contribution in [-0.2, 0) is 9.53 Å². The topological polar surface area (TPSA) is 58.6 Å². The number of para-hydroxylation sites is 1. The third-order valence-electron chi connectivity index (χ3n) is 2.70. The lowest BCUT2D eigenvalue weighted by Gasteiger charge is -2.21. The number of anilines is 1. The predicted octanol–water partition coefficient (Wildman–Crippen LogP) is 1.73. The summed E-state index contributed by atoms with van der Waals surface area (Å²) in [6.45, 7) is 0.658. The Balaban J connectivity index is 2.05. The fraction of sp³-hybridized carbons (Fsp3) is 0.417. The highest BCUT2D eigenvalue weighted by Crippen LogP contribution is 2.19. The van der Waals surface area contributed by atoms with Gasteiger partial charge < -0.3 is 15.2 Å². The number of carboxylic acid groups (broad SMARTS) is 1. The molecular weight excluding hydrogens is 206 g/mol. The van der Waals surface area contributed by atoms with Crippen LogP contribution in [-0.4, -0.2) is 29.8 Å². The molecule has 2 atom stereocenters. The number of carboxylic acids is 1. The highest BCUT2D eigenvalue weighted by atomic mass is 16.5. The summed E-state index contributed by atoms with van der Waals surface area (Å²) in [4.78, 5) is 11.1. The SMILES string of the molecule is O=C(O)C(Nc1ccccc1)C1CCCO1. The molecule has 0 saturated carbocycles. The van der Waals surface area contributed by atoms with Gasteiger partial charge in [0, 0.05) is 12.3 Å². The summed E-state index contributed by atoms with van der Waals surface area (Å²) in [6, 6.07) is 8.68. The number of benzene rings is 1. The lowest BCUT2D eigenvalue weighted by Crippen LogP contribution is -2.40. The molecule has 1 aromatic carbocycles. The smallest absolute Gasteiger partial charge is 0.328 e. The predicted molar refractivity (Wildman–Crippen MR) is 60.5 cm³/mol. The van der Waals surface area contributed by atoms with E-state index in [2.05, 4.69) is 5.32 Å². The highest BCUT2D eigenvalue weighted by Gasteiger charge is 2.31. The fourth-order valence-electron chi connectivity index (χ4n) is 1.89. The van der Waals surface area contributed by atoms with E-state index >= 15 is 0 Å². The van der Waals surface area contributed by atoms with Crippen molar-refractivity contribution in [2.75, 3.05) is 11.9 Å². The Kier molecular flexibility index (Phi) is 3.41. The van der Waals surface area contributed by atoms with Crippen LogP contribution in [0.1, 0.15) is 12.8 Å². The maximum Gasteiger partial charge on any atom is 0.328 e. The average Bonchev–Trinajstić information content (AvgIpc) is 2.80. The molecule has 16 heavy (non-hydrogen) atoms.